The number of hydrogen-bond acceptors (Lipinski definition) is 3. The monoisotopic (exact) mass is 268 g/mol. The van der Waals surface area contributed by atoms with Crippen molar-refractivity contribution in [3.05, 3.63) is 27.7 Å². The zero-order chi connectivity index (χ0) is 11.8. The summed E-state index contributed by atoms with van der Waals surface area (Å²) in [7, 11) is -3.65. The zero-order valence-corrected chi connectivity index (χ0v) is 9.82. The summed E-state index contributed by atoms with van der Waals surface area (Å²) in [4.78, 5) is 10.3. The van der Waals surface area contributed by atoms with Gasteiger partial charge in [-0.1, -0.05) is 23.2 Å². The lowest BCUT2D eigenvalue weighted by atomic mass is 10.2. The molecule has 82 valence electrons. The van der Waals surface area contributed by atoms with Crippen molar-refractivity contribution in [2.24, 2.45) is 0 Å². The van der Waals surface area contributed by atoms with Gasteiger partial charge < -0.3 is 5.11 Å². The summed E-state index contributed by atoms with van der Waals surface area (Å²) < 4.78 is 22.6. The van der Waals surface area contributed by atoms with Crippen molar-refractivity contribution >= 4 is 39.0 Å². The van der Waals surface area contributed by atoms with E-state index in [1.54, 1.807) is 0 Å². The van der Waals surface area contributed by atoms with Gasteiger partial charge in [-0.25, -0.2) is 13.2 Å². The van der Waals surface area contributed by atoms with E-state index in [-0.39, 0.29) is 20.5 Å². The number of aromatic carboxylic acids is 1. The van der Waals surface area contributed by atoms with Crippen LogP contribution >= 0.6 is 23.2 Å². The van der Waals surface area contributed by atoms with Crippen molar-refractivity contribution in [1.29, 1.82) is 0 Å². The summed E-state index contributed by atoms with van der Waals surface area (Å²) in [6.07, 6.45) is 0.908. The van der Waals surface area contributed by atoms with Gasteiger partial charge in [-0.05, 0) is 12.1 Å². The largest absolute Gasteiger partial charge is 0.478 e. The smallest absolute Gasteiger partial charge is 0.337 e. The van der Waals surface area contributed by atoms with E-state index < -0.39 is 15.8 Å². The van der Waals surface area contributed by atoms with Crippen molar-refractivity contribution in [3.8, 4) is 0 Å². The summed E-state index contributed by atoms with van der Waals surface area (Å²) in [5, 5.41) is 8.27. The van der Waals surface area contributed by atoms with E-state index in [0.717, 1.165) is 12.3 Å². The zero-order valence-electron chi connectivity index (χ0n) is 7.49. The number of carboxylic acid groups (broad SMARTS) is 1. The molecule has 0 atom stereocenters. The molecule has 0 aliphatic carbocycles. The fraction of sp³-hybridized carbons (Fsp3) is 0.125. The molecule has 0 aliphatic heterocycles. The van der Waals surface area contributed by atoms with Crippen LogP contribution in [0.5, 0.6) is 0 Å². The number of benzene rings is 1. The molecule has 15 heavy (non-hydrogen) atoms. The van der Waals surface area contributed by atoms with Crippen LogP contribution in [0.25, 0.3) is 0 Å². The second kappa shape index (κ2) is 4.00. The Morgan fingerprint density at radius 2 is 1.87 bits per heavy atom. The summed E-state index contributed by atoms with van der Waals surface area (Å²) in [6.45, 7) is 0. The average molecular weight is 269 g/mol. The number of rotatable bonds is 2. The van der Waals surface area contributed by atoms with Crippen molar-refractivity contribution < 1.29 is 18.3 Å². The molecule has 0 unspecified atom stereocenters. The molecule has 0 amide bonds. The van der Waals surface area contributed by atoms with E-state index in [1.165, 1.54) is 6.07 Å². The molecule has 1 aromatic carbocycles. The summed E-state index contributed by atoms with van der Waals surface area (Å²) in [6, 6.07) is 2.34. The second-order valence-corrected chi connectivity index (χ2v) is 5.55. The van der Waals surface area contributed by atoms with Crippen molar-refractivity contribution in [2.75, 3.05) is 6.26 Å². The van der Waals surface area contributed by atoms with Gasteiger partial charge in [0.1, 0.15) is 4.90 Å². The van der Waals surface area contributed by atoms with Gasteiger partial charge >= 0.3 is 5.97 Å². The molecule has 0 aliphatic rings. The van der Waals surface area contributed by atoms with E-state index in [0.29, 0.717) is 0 Å². The van der Waals surface area contributed by atoms with Crippen LogP contribution in [0.3, 0.4) is 0 Å². The first kappa shape index (κ1) is 12.3. The van der Waals surface area contributed by atoms with Gasteiger partial charge in [0.25, 0.3) is 0 Å². The molecule has 0 heterocycles. The molecule has 0 fully saturated rings. The third-order valence-corrected chi connectivity index (χ3v) is 3.75. The lowest BCUT2D eigenvalue weighted by molar-refractivity contribution is 0.0697. The van der Waals surface area contributed by atoms with Gasteiger partial charge in [-0.3, -0.25) is 0 Å². The van der Waals surface area contributed by atoms with Gasteiger partial charge in [-0.2, -0.15) is 0 Å². The van der Waals surface area contributed by atoms with Crippen LogP contribution in [0.1, 0.15) is 10.4 Å². The number of carbonyl (C=O) groups is 1. The first-order valence-electron chi connectivity index (χ1n) is 3.66. The fourth-order valence-corrected chi connectivity index (χ4v) is 3.19. The predicted molar refractivity (Wildman–Crippen MR) is 56.5 cm³/mol. The minimum Gasteiger partial charge on any atom is -0.478 e. The average Bonchev–Trinajstić information content (AvgIpc) is 2.00. The first-order chi connectivity index (χ1) is 6.75. The van der Waals surface area contributed by atoms with Gasteiger partial charge in [0.2, 0.25) is 0 Å². The Morgan fingerprint density at radius 3 is 2.27 bits per heavy atom. The maximum absolute atomic E-state index is 11.3. The van der Waals surface area contributed by atoms with Crippen LogP contribution < -0.4 is 0 Å². The predicted octanol–water partition coefficient (Wildman–Crippen LogP) is 2.10. The molecule has 0 radical (unpaired) electrons. The van der Waals surface area contributed by atoms with Crippen LogP contribution in [0.2, 0.25) is 10.0 Å². The highest BCUT2D eigenvalue weighted by atomic mass is 35.5. The van der Waals surface area contributed by atoms with E-state index in [2.05, 4.69) is 0 Å². The SMILES string of the molecule is CS(=O)(=O)c1c(Cl)ccc(C(=O)O)c1Cl. The Balaban J connectivity index is 3.66. The highest BCUT2D eigenvalue weighted by Gasteiger charge is 2.22. The Kier molecular flexibility index (Phi) is 3.28. The van der Waals surface area contributed by atoms with E-state index in [1.807, 2.05) is 0 Å². The van der Waals surface area contributed by atoms with Gasteiger partial charge in [0.15, 0.2) is 9.84 Å². The number of halogens is 2. The molecule has 0 aromatic heterocycles. The maximum Gasteiger partial charge on any atom is 0.337 e. The third-order valence-electron chi connectivity index (χ3n) is 1.65. The van der Waals surface area contributed by atoms with Crippen LogP contribution in [0.4, 0.5) is 0 Å². The van der Waals surface area contributed by atoms with Crippen molar-refractivity contribution in [1.82, 2.24) is 0 Å². The molecule has 0 saturated carbocycles. The van der Waals surface area contributed by atoms with Crippen LogP contribution in [0.15, 0.2) is 17.0 Å². The van der Waals surface area contributed by atoms with Crippen LogP contribution in [0, 0.1) is 0 Å². The Labute approximate surface area is 96.3 Å². The molecule has 0 bridgehead atoms. The lowest BCUT2D eigenvalue weighted by Gasteiger charge is -2.06. The van der Waals surface area contributed by atoms with Crippen LogP contribution in [-0.2, 0) is 9.84 Å². The summed E-state index contributed by atoms with van der Waals surface area (Å²) in [5.41, 5.74) is -0.290. The normalized spacial score (nSPS) is 11.4. The highest BCUT2D eigenvalue weighted by Crippen LogP contribution is 2.32. The van der Waals surface area contributed by atoms with Gasteiger partial charge in [-0.15, -0.1) is 0 Å². The van der Waals surface area contributed by atoms with Gasteiger partial charge in [0, 0.05) is 6.26 Å². The molecular formula is C8H6Cl2O4S. The van der Waals surface area contributed by atoms with E-state index in [4.69, 9.17) is 28.3 Å². The molecule has 1 N–H and O–H groups in total. The standard InChI is InChI=1S/C8H6Cl2O4S/c1-15(13,14)7-5(9)3-2-4(6(7)10)8(11)12/h2-3H,1H3,(H,11,12). The Bertz CT molecular complexity index is 522. The molecule has 0 spiro atoms. The highest BCUT2D eigenvalue weighted by molar-refractivity contribution is 7.91. The lowest BCUT2D eigenvalue weighted by Crippen LogP contribution is -2.05. The Morgan fingerprint density at radius 1 is 1.33 bits per heavy atom. The van der Waals surface area contributed by atoms with Crippen molar-refractivity contribution in [3.63, 3.8) is 0 Å². The van der Waals surface area contributed by atoms with Gasteiger partial charge in [0.05, 0.1) is 15.6 Å². The number of carboxylic acids is 1. The molecule has 4 nitrogen and oxygen atoms in total. The Hall–Kier alpha value is -0.780. The molecule has 0 saturated heterocycles. The molecular weight excluding hydrogens is 263 g/mol. The fourth-order valence-electron chi connectivity index (χ4n) is 1.04. The van der Waals surface area contributed by atoms with Crippen LogP contribution in [-0.4, -0.2) is 25.7 Å². The maximum atomic E-state index is 11.3. The minimum absolute atomic E-state index is 0.0903. The number of sulfone groups is 1. The third kappa shape index (κ3) is 2.42. The molecule has 1 aromatic rings. The van der Waals surface area contributed by atoms with E-state index in [9.17, 15) is 13.2 Å². The second-order valence-electron chi connectivity index (χ2n) is 2.82. The van der Waals surface area contributed by atoms with Crippen molar-refractivity contribution in [2.45, 2.75) is 4.90 Å². The molecule has 7 heteroatoms. The topological polar surface area (TPSA) is 71.4 Å². The molecule has 1 rings (SSSR count). The number of hydrogen-bond donors (Lipinski definition) is 1. The minimum atomic E-state index is -3.65. The summed E-state index contributed by atoms with van der Waals surface area (Å²) in [5.74, 6) is -1.30. The first-order valence-corrected chi connectivity index (χ1v) is 6.31. The summed E-state index contributed by atoms with van der Waals surface area (Å²) >= 11 is 11.3. The quantitative estimate of drug-likeness (QED) is 0.892. The van der Waals surface area contributed by atoms with E-state index >= 15 is 0 Å².